The first-order chi connectivity index (χ1) is 11.1. The summed E-state index contributed by atoms with van der Waals surface area (Å²) < 4.78 is 0. The van der Waals surface area contributed by atoms with Crippen molar-refractivity contribution in [1.29, 1.82) is 0 Å². The maximum absolute atomic E-state index is 12.7. The number of hydrogen-bond acceptors (Lipinski definition) is 2. The smallest absolute Gasteiger partial charge is 0.237 e. The second-order valence-electron chi connectivity index (χ2n) is 7.09. The second-order valence-corrected chi connectivity index (χ2v) is 7.52. The number of carbonyl (C=O) groups excluding carboxylic acids is 1. The van der Waals surface area contributed by atoms with Gasteiger partial charge < -0.3 is 5.32 Å². The number of halogens is 1. The van der Waals surface area contributed by atoms with Crippen LogP contribution < -0.4 is 5.32 Å². The van der Waals surface area contributed by atoms with Gasteiger partial charge in [-0.25, -0.2) is 0 Å². The lowest BCUT2D eigenvalue weighted by Crippen LogP contribution is -2.45. The monoisotopic (exact) mass is 334 g/mol. The third-order valence-electron chi connectivity index (χ3n) is 5.36. The molecular formula is C19H27ClN2O. The van der Waals surface area contributed by atoms with Crippen molar-refractivity contribution in [3.05, 3.63) is 34.9 Å². The number of nitrogens with zero attached hydrogens (tertiary/aromatic N) is 1. The zero-order valence-electron chi connectivity index (χ0n) is 13.9. The summed E-state index contributed by atoms with van der Waals surface area (Å²) in [4.78, 5) is 15.1. The molecule has 126 valence electrons. The van der Waals surface area contributed by atoms with Crippen molar-refractivity contribution >= 4 is 17.5 Å². The van der Waals surface area contributed by atoms with E-state index in [9.17, 15) is 4.79 Å². The van der Waals surface area contributed by atoms with E-state index in [0.29, 0.717) is 0 Å². The van der Waals surface area contributed by atoms with Gasteiger partial charge in [-0.2, -0.15) is 0 Å². The number of hydrogen-bond donors (Lipinski definition) is 1. The number of rotatable bonds is 5. The fourth-order valence-corrected chi connectivity index (χ4v) is 4.14. The van der Waals surface area contributed by atoms with Gasteiger partial charge in [0.25, 0.3) is 0 Å². The molecule has 0 aromatic heterocycles. The summed E-state index contributed by atoms with van der Waals surface area (Å²) in [6.45, 7) is 4.22. The van der Waals surface area contributed by atoms with Gasteiger partial charge in [-0.3, -0.25) is 9.69 Å². The summed E-state index contributed by atoms with van der Waals surface area (Å²) in [6, 6.07) is 7.80. The molecule has 3 nitrogen and oxygen atoms in total. The van der Waals surface area contributed by atoms with Crippen LogP contribution in [0.15, 0.2) is 24.3 Å². The minimum Gasteiger partial charge on any atom is -0.348 e. The number of amides is 1. The zero-order chi connectivity index (χ0) is 16.2. The van der Waals surface area contributed by atoms with E-state index in [1.807, 2.05) is 31.2 Å². The fourth-order valence-electron chi connectivity index (χ4n) is 4.01. The molecule has 1 aromatic rings. The lowest BCUT2D eigenvalue weighted by atomic mass is 10.1. The summed E-state index contributed by atoms with van der Waals surface area (Å²) in [6.07, 6.45) is 7.54. The molecule has 2 atom stereocenters. The van der Waals surface area contributed by atoms with Crippen LogP contribution in [0.4, 0.5) is 0 Å². The molecule has 0 bridgehead atoms. The molecule has 1 amide bonds. The van der Waals surface area contributed by atoms with Gasteiger partial charge >= 0.3 is 0 Å². The Morgan fingerprint density at radius 3 is 2.61 bits per heavy atom. The summed E-state index contributed by atoms with van der Waals surface area (Å²) in [5.41, 5.74) is 1.10. The Balaban J connectivity index is 1.56. The van der Waals surface area contributed by atoms with Crippen LogP contribution in [0, 0.1) is 5.92 Å². The summed E-state index contributed by atoms with van der Waals surface area (Å²) in [5.74, 6) is 0.986. The van der Waals surface area contributed by atoms with Gasteiger partial charge in [0.2, 0.25) is 5.91 Å². The minimum atomic E-state index is 0.0219. The minimum absolute atomic E-state index is 0.0219. The maximum Gasteiger partial charge on any atom is 0.237 e. The quantitative estimate of drug-likeness (QED) is 0.876. The first-order valence-electron chi connectivity index (χ1n) is 8.93. The van der Waals surface area contributed by atoms with Crippen molar-refractivity contribution in [3.8, 4) is 0 Å². The van der Waals surface area contributed by atoms with Crippen molar-refractivity contribution in [2.24, 2.45) is 5.92 Å². The van der Waals surface area contributed by atoms with Crippen LogP contribution in [0.2, 0.25) is 5.02 Å². The molecule has 1 aromatic carbocycles. The predicted octanol–water partition coefficient (Wildman–Crippen LogP) is 4.17. The summed E-state index contributed by atoms with van der Waals surface area (Å²) >= 11 is 5.93. The number of likely N-dealkylation sites (tertiary alicyclic amines) is 1. The fraction of sp³-hybridized carbons (Fsp3) is 0.632. The highest BCUT2D eigenvalue weighted by molar-refractivity contribution is 6.30. The SMILES string of the molecule is C[C@@H](NC(=O)[C@H]1CCCN1CC1CCCC1)c1ccc(Cl)cc1. The van der Waals surface area contributed by atoms with Crippen LogP contribution in [-0.2, 0) is 4.79 Å². The molecule has 1 N–H and O–H groups in total. The van der Waals surface area contributed by atoms with Gasteiger partial charge in [0, 0.05) is 11.6 Å². The molecule has 4 heteroatoms. The number of nitrogens with one attached hydrogen (secondary N) is 1. The van der Waals surface area contributed by atoms with E-state index in [0.717, 1.165) is 42.4 Å². The van der Waals surface area contributed by atoms with Gasteiger partial charge in [-0.05, 0) is 62.8 Å². The van der Waals surface area contributed by atoms with Gasteiger partial charge in [0.15, 0.2) is 0 Å². The third kappa shape index (κ3) is 4.27. The molecule has 23 heavy (non-hydrogen) atoms. The molecule has 0 unspecified atom stereocenters. The maximum atomic E-state index is 12.7. The van der Waals surface area contributed by atoms with Crippen LogP contribution >= 0.6 is 11.6 Å². The van der Waals surface area contributed by atoms with E-state index in [-0.39, 0.29) is 18.0 Å². The first-order valence-corrected chi connectivity index (χ1v) is 9.31. The van der Waals surface area contributed by atoms with Gasteiger partial charge in [-0.1, -0.05) is 36.6 Å². The van der Waals surface area contributed by atoms with Crippen LogP contribution in [-0.4, -0.2) is 29.9 Å². The Kier molecular flexibility index (Phi) is 5.60. The predicted molar refractivity (Wildman–Crippen MR) is 94.6 cm³/mol. The second kappa shape index (κ2) is 7.67. The number of benzene rings is 1. The Bertz CT molecular complexity index is 525. The molecular weight excluding hydrogens is 308 g/mol. The van der Waals surface area contributed by atoms with Gasteiger partial charge in [0.1, 0.15) is 0 Å². The van der Waals surface area contributed by atoms with Crippen molar-refractivity contribution in [3.63, 3.8) is 0 Å². The van der Waals surface area contributed by atoms with E-state index >= 15 is 0 Å². The van der Waals surface area contributed by atoms with Crippen molar-refractivity contribution in [2.45, 2.75) is 57.5 Å². The lowest BCUT2D eigenvalue weighted by Gasteiger charge is -2.27. The van der Waals surface area contributed by atoms with Crippen LogP contribution in [0.3, 0.4) is 0 Å². The van der Waals surface area contributed by atoms with E-state index in [1.54, 1.807) is 0 Å². The Hall–Kier alpha value is -1.06. The first kappa shape index (κ1) is 16.8. The average molecular weight is 335 g/mol. The topological polar surface area (TPSA) is 32.3 Å². The Labute approximate surface area is 144 Å². The zero-order valence-corrected chi connectivity index (χ0v) is 14.7. The largest absolute Gasteiger partial charge is 0.348 e. The van der Waals surface area contributed by atoms with Crippen molar-refractivity contribution in [1.82, 2.24) is 10.2 Å². The van der Waals surface area contributed by atoms with Gasteiger partial charge in [-0.15, -0.1) is 0 Å². The van der Waals surface area contributed by atoms with Crippen LogP contribution in [0.25, 0.3) is 0 Å². The lowest BCUT2D eigenvalue weighted by molar-refractivity contribution is -0.126. The highest BCUT2D eigenvalue weighted by Crippen LogP contribution is 2.29. The molecule has 2 aliphatic rings. The molecule has 3 rings (SSSR count). The normalized spacial score (nSPS) is 24.0. The molecule has 0 radical (unpaired) electrons. The summed E-state index contributed by atoms with van der Waals surface area (Å²) in [5, 5.41) is 3.92. The van der Waals surface area contributed by atoms with Gasteiger partial charge in [0.05, 0.1) is 12.1 Å². The highest BCUT2D eigenvalue weighted by Gasteiger charge is 2.33. The highest BCUT2D eigenvalue weighted by atomic mass is 35.5. The van der Waals surface area contributed by atoms with Crippen molar-refractivity contribution < 1.29 is 4.79 Å². The average Bonchev–Trinajstić information content (AvgIpc) is 3.20. The summed E-state index contributed by atoms with van der Waals surface area (Å²) in [7, 11) is 0. The number of carbonyl (C=O) groups is 1. The molecule has 1 saturated carbocycles. The van der Waals surface area contributed by atoms with Crippen molar-refractivity contribution in [2.75, 3.05) is 13.1 Å². The van der Waals surface area contributed by atoms with E-state index in [1.165, 1.54) is 25.7 Å². The molecule has 1 aliphatic heterocycles. The Morgan fingerprint density at radius 2 is 1.91 bits per heavy atom. The van der Waals surface area contributed by atoms with E-state index in [2.05, 4.69) is 10.2 Å². The third-order valence-corrected chi connectivity index (χ3v) is 5.61. The molecule has 0 spiro atoms. The molecule has 1 heterocycles. The van der Waals surface area contributed by atoms with E-state index in [4.69, 9.17) is 11.6 Å². The van der Waals surface area contributed by atoms with E-state index < -0.39 is 0 Å². The van der Waals surface area contributed by atoms with Crippen LogP contribution in [0.5, 0.6) is 0 Å². The molecule has 1 saturated heterocycles. The standard InChI is InChI=1S/C19H27ClN2O/c1-14(16-8-10-17(20)11-9-16)21-19(23)18-7-4-12-22(18)13-15-5-2-3-6-15/h8-11,14-15,18H,2-7,12-13H2,1H3,(H,21,23)/t14-,18-/m1/s1. The molecule has 1 aliphatic carbocycles. The molecule has 2 fully saturated rings. The van der Waals surface area contributed by atoms with Crippen LogP contribution in [0.1, 0.15) is 57.1 Å². The Morgan fingerprint density at radius 1 is 1.22 bits per heavy atom.